The molecule has 0 aromatic carbocycles. The summed E-state index contributed by atoms with van der Waals surface area (Å²) in [5.41, 5.74) is -0.280. The van der Waals surface area contributed by atoms with Crippen LogP contribution in [0.4, 0.5) is 0 Å². The van der Waals surface area contributed by atoms with Gasteiger partial charge in [-0.3, -0.25) is 13.9 Å². The van der Waals surface area contributed by atoms with Gasteiger partial charge < -0.3 is 20.1 Å². The summed E-state index contributed by atoms with van der Waals surface area (Å²) in [7, 11) is 2.96. The quantitative estimate of drug-likeness (QED) is 0.499. The molecule has 2 heterocycles. The Morgan fingerprint density at radius 1 is 1.32 bits per heavy atom. The first kappa shape index (κ1) is 16.4. The lowest BCUT2D eigenvalue weighted by molar-refractivity contribution is 0.151. The molecule has 0 aliphatic carbocycles. The Hall–Kier alpha value is -1.97. The molecule has 0 spiro atoms. The van der Waals surface area contributed by atoms with E-state index in [9.17, 15) is 14.7 Å². The molecule has 2 aromatic rings. The van der Waals surface area contributed by atoms with E-state index in [4.69, 9.17) is 5.11 Å². The number of nitrogens with one attached hydrogen (secondary N) is 1. The van der Waals surface area contributed by atoms with Crippen LogP contribution in [0.1, 0.15) is 6.42 Å². The molecule has 0 saturated carbocycles. The maximum absolute atomic E-state index is 12.2. The number of aliphatic hydroxyl groups excluding tert-OH is 2. The van der Waals surface area contributed by atoms with E-state index in [2.05, 4.69) is 10.3 Å². The predicted octanol–water partition coefficient (Wildman–Crippen LogP) is -2.23. The molecule has 0 aliphatic rings. The molecule has 2 aromatic heterocycles. The third kappa shape index (κ3) is 3.11. The number of nitrogens with zero attached hydrogens (tertiary/aromatic N) is 4. The summed E-state index contributed by atoms with van der Waals surface area (Å²) in [6.45, 7) is 1.23. The van der Waals surface area contributed by atoms with E-state index in [-0.39, 0.29) is 13.2 Å². The fraction of sp³-hybridized carbons (Fsp3) is 0.615. The maximum atomic E-state index is 12.2. The molecular weight excluding hydrogens is 290 g/mol. The second-order valence-corrected chi connectivity index (χ2v) is 5.21. The van der Waals surface area contributed by atoms with Crippen LogP contribution in [-0.4, -0.2) is 54.7 Å². The zero-order valence-corrected chi connectivity index (χ0v) is 12.7. The van der Waals surface area contributed by atoms with Gasteiger partial charge in [0.15, 0.2) is 11.2 Å². The second-order valence-electron chi connectivity index (χ2n) is 5.21. The smallest absolute Gasteiger partial charge is 0.332 e. The number of fused-ring (bicyclic) bond motifs is 1. The van der Waals surface area contributed by atoms with Crippen molar-refractivity contribution in [2.24, 2.45) is 14.1 Å². The highest BCUT2D eigenvalue weighted by atomic mass is 16.3. The number of aromatic nitrogens is 4. The van der Waals surface area contributed by atoms with Gasteiger partial charge in [-0.2, -0.15) is 0 Å². The average molecular weight is 311 g/mol. The van der Waals surface area contributed by atoms with Gasteiger partial charge in [0.05, 0.1) is 19.0 Å². The zero-order valence-electron chi connectivity index (χ0n) is 12.7. The first-order valence-electron chi connectivity index (χ1n) is 7.07. The summed E-state index contributed by atoms with van der Waals surface area (Å²) < 4.78 is 3.88. The molecule has 1 unspecified atom stereocenters. The third-order valence-electron chi connectivity index (χ3n) is 3.52. The lowest BCUT2D eigenvalue weighted by atomic mass is 10.3. The summed E-state index contributed by atoms with van der Waals surface area (Å²) in [6.07, 6.45) is 1.35. The molecule has 1 atom stereocenters. The first-order chi connectivity index (χ1) is 10.5. The van der Waals surface area contributed by atoms with Crippen LogP contribution < -0.4 is 16.6 Å². The largest absolute Gasteiger partial charge is 0.396 e. The highest BCUT2D eigenvalue weighted by Gasteiger charge is 2.15. The first-order valence-corrected chi connectivity index (χ1v) is 7.07. The average Bonchev–Trinajstić information content (AvgIpc) is 2.91. The molecular formula is C13H21N5O4. The fourth-order valence-corrected chi connectivity index (χ4v) is 2.30. The predicted molar refractivity (Wildman–Crippen MR) is 80.8 cm³/mol. The van der Waals surface area contributed by atoms with Crippen molar-refractivity contribution in [3.05, 3.63) is 27.2 Å². The normalized spacial score (nSPS) is 12.9. The lowest BCUT2D eigenvalue weighted by Crippen LogP contribution is -2.38. The highest BCUT2D eigenvalue weighted by molar-refractivity contribution is 5.69. The van der Waals surface area contributed by atoms with Crippen LogP contribution in [-0.2, 0) is 20.6 Å². The zero-order chi connectivity index (χ0) is 16.3. The van der Waals surface area contributed by atoms with Crippen LogP contribution in [0.3, 0.4) is 0 Å². The van der Waals surface area contributed by atoms with Crippen LogP contribution in [0.15, 0.2) is 15.9 Å². The van der Waals surface area contributed by atoms with Crippen LogP contribution in [0.5, 0.6) is 0 Å². The molecule has 3 N–H and O–H groups in total. The van der Waals surface area contributed by atoms with Crippen molar-refractivity contribution in [2.45, 2.75) is 19.1 Å². The Kier molecular flexibility index (Phi) is 5.11. The standard InChI is InChI=1S/C13H21N5O4/c1-16-11-10(12(21)17(2)13(16)22)18(8-15-11)7-9(20)6-14-4-3-5-19/h8-9,14,19-20H,3-7H2,1-2H3. The van der Waals surface area contributed by atoms with Crippen LogP contribution in [0.2, 0.25) is 0 Å². The van der Waals surface area contributed by atoms with Crippen molar-refractivity contribution < 1.29 is 10.2 Å². The van der Waals surface area contributed by atoms with E-state index in [0.717, 1.165) is 4.57 Å². The molecule has 9 heteroatoms. The summed E-state index contributed by atoms with van der Waals surface area (Å²) in [5, 5.41) is 21.7. The summed E-state index contributed by atoms with van der Waals surface area (Å²) in [6, 6.07) is 0. The molecule has 0 saturated heterocycles. The van der Waals surface area contributed by atoms with Crippen molar-refractivity contribution >= 4 is 11.2 Å². The molecule has 0 radical (unpaired) electrons. The van der Waals surface area contributed by atoms with Gasteiger partial charge >= 0.3 is 5.69 Å². The van der Waals surface area contributed by atoms with Gasteiger partial charge in [0.1, 0.15) is 0 Å². The van der Waals surface area contributed by atoms with Gasteiger partial charge in [-0.15, -0.1) is 0 Å². The number of imidazole rings is 1. The van der Waals surface area contributed by atoms with Gasteiger partial charge in [-0.1, -0.05) is 0 Å². The van der Waals surface area contributed by atoms with E-state index in [1.54, 1.807) is 11.6 Å². The minimum atomic E-state index is -0.710. The van der Waals surface area contributed by atoms with Gasteiger partial charge in [-0.05, 0) is 13.0 Å². The van der Waals surface area contributed by atoms with E-state index in [0.29, 0.717) is 30.7 Å². The minimum absolute atomic E-state index is 0.0966. The fourth-order valence-electron chi connectivity index (χ4n) is 2.30. The summed E-state index contributed by atoms with van der Waals surface area (Å²) in [5.74, 6) is 0. The van der Waals surface area contributed by atoms with Crippen LogP contribution in [0, 0.1) is 0 Å². The number of hydrogen-bond acceptors (Lipinski definition) is 6. The number of aliphatic hydroxyl groups is 2. The van der Waals surface area contributed by atoms with E-state index < -0.39 is 17.4 Å². The SMILES string of the molecule is Cn1c(=O)c2c(ncn2CC(O)CNCCCO)n(C)c1=O. The molecule has 0 bridgehead atoms. The Morgan fingerprint density at radius 2 is 2.05 bits per heavy atom. The Morgan fingerprint density at radius 3 is 2.73 bits per heavy atom. The monoisotopic (exact) mass is 311 g/mol. The van der Waals surface area contributed by atoms with Gasteiger partial charge in [0.25, 0.3) is 5.56 Å². The third-order valence-corrected chi connectivity index (χ3v) is 3.52. The van der Waals surface area contributed by atoms with E-state index in [1.165, 1.54) is 17.9 Å². The van der Waals surface area contributed by atoms with E-state index >= 15 is 0 Å². The Bertz CT molecular complexity index is 760. The number of aryl methyl sites for hydroxylation is 1. The summed E-state index contributed by atoms with van der Waals surface area (Å²) in [4.78, 5) is 28.2. The van der Waals surface area contributed by atoms with Crippen LogP contribution >= 0.6 is 0 Å². The summed E-state index contributed by atoms with van der Waals surface area (Å²) >= 11 is 0. The van der Waals surface area contributed by atoms with Crippen molar-refractivity contribution in [3.63, 3.8) is 0 Å². The highest BCUT2D eigenvalue weighted by Crippen LogP contribution is 2.06. The van der Waals surface area contributed by atoms with Crippen molar-refractivity contribution in [2.75, 3.05) is 19.7 Å². The molecule has 9 nitrogen and oxygen atoms in total. The molecule has 0 aliphatic heterocycles. The lowest BCUT2D eigenvalue weighted by Gasteiger charge is -2.13. The maximum Gasteiger partial charge on any atom is 0.332 e. The van der Waals surface area contributed by atoms with Gasteiger partial charge in [0, 0.05) is 27.2 Å². The molecule has 0 amide bonds. The number of hydrogen-bond donors (Lipinski definition) is 3. The molecule has 122 valence electrons. The minimum Gasteiger partial charge on any atom is -0.396 e. The Labute approximate surface area is 126 Å². The van der Waals surface area contributed by atoms with Crippen molar-refractivity contribution in [1.29, 1.82) is 0 Å². The Balaban J connectivity index is 2.23. The van der Waals surface area contributed by atoms with Crippen molar-refractivity contribution in [3.8, 4) is 0 Å². The topological polar surface area (TPSA) is 114 Å². The van der Waals surface area contributed by atoms with Crippen LogP contribution in [0.25, 0.3) is 11.2 Å². The van der Waals surface area contributed by atoms with E-state index in [1.807, 2.05) is 0 Å². The molecule has 2 rings (SSSR count). The second kappa shape index (κ2) is 6.86. The van der Waals surface area contributed by atoms with Gasteiger partial charge in [-0.25, -0.2) is 9.78 Å². The van der Waals surface area contributed by atoms with Crippen molar-refractivity contribution in [1.82, 2.24) is 24.0 Å². The van der Waals surface area contributed by atoms with Gasteiger partial charge in [0.2, 0.25) is 0 Å². The molecule has 22 heavy (non-hydrogen) atoms. The number of rotatable bonds is 7. The molecule has 0 fully saturated rings.